The van der Waals surface area contributed by atoms with Gasteiger partial charge in [0.25, 0.3) is 0 Å². The molecule has 0 radical (unpaired) electrons. The summed E-state index contributed by atoms with van der Waals surface area (Å²) >= 11 is 0. The van der Waals surface area contributed by atoms with Crippen molar-refractivity contribution in [3.05, 3.63) is 30.3 Å². The summed E-state index contributed by atoms with van der Waals surface area (Å²) in [5, 5.41) is 8.74. The molecule has 5 nitrogen and oxygen atoms in total. The number of sulfone groups is 1. The maximum Gasteiger partial charge on any atom is 0.305 e. The molecule has 0 spiro atoms. The molecule has 1 rings (SSSR count). The first-order valence-corrected chi connectivity index (χ1v) is 8.14. The van der Waals surface area contributed by atoms with Crippen molar-refractivity contribution in [1.82, 2.24) is 0 Å². The molecule has 0 saturated heterocycles. The van der Waals surface area contributed by atoms with Crippen LogP contribution in [0.5, 0.6) is 0 Å². The number of para-hydroxylation sites is 1. The van der Waals surface area contributed by atoms with Crippen molar-refractivity contribution in [3.8, 4) is 0 Å². The summed E-state index contributed by atoms with van der Waals surface area (Å²) in [5.74, 6) is -0.743. The van der Waals surface area contributed by atoms with Gasteiger partial charge in [0.2, 0.25) is 0 Å². The minimum absolute atomic E-state index is 0.0355. The Kier molecular flexibility index (Phi) is 5.82. The normalized spacial score (nSPS) is 11.2. The average Bonchev–Trinajstić information content (AvgIpc) is 2.33. The summed E-state index contributed by atoms with van der Waals surface area (Å²) in [7, 11) is -2.98. The SMILES string of the molecule is CS(=O)(=O)CCCN(CCC(=O)O)c1ccccc1. The number of nitrogens with zero attached hydrogens (tertiary/aromatic N) is 1. The first kappa shape index (κ1) is 15.5. The number of rotatable bonds is 8. The van der Waals surface area contributed by atoms with E-state index in [9.17, 15) is 13.2 Å². The number of carbonyl (C=O) groups is 1. The maximum atomic E-state index is 11.1. The van der Waals surface area contributed by atoms with Crippen LogP contribution in [0.15, 0.2) is 30.3 Å². The van der Waals surface area contributed by atoms with Gasteiger partial charge in [0, 0.05) is 25.0 Å². The molecule has 0 amide bonds. The van der Waals surface area contributed by atoms with Crippen LogP contribution in [0, 0.1) is 0 Å². The van der Waals surface area contributed by atoms with E-state index in [4.69, 9.17) is 5.11 Å². The largest absolute Gasteiger partial charge is 0.481 e. The minimum Gasteiger partial charge on any atom is -0.481 e. The van der Waals surface area contributed by atoms with E-state index in [-0.39, 0.29) is 12.2 Å². The molecular formula is C13H19NO4S. The highest BCUT2D eigenvalue weighted by molar-refractivity contribution is 7.90. The Labute approximate surface area is 113 Å². The van der Waals surface area contributed by atoms with Crippen molar-refractivity contribution in [2.45, 2.75) is 12.8 Å². The second kappa shape index (κ2) is 7.13. The van der Waals surface area contributed by atoms with Crippen molar-refractivity contribution in [3.63, 3.8) is 0 Å². The zero-order valence-corrected chi connectivity index (χ0v) is 11.8. The number of hydrogen-bond donors (Lipinski definition) is 1. The molecule has 0 aliphatic rings. The van der Waals surface area contributed by atoms with Gasteiger partial charge in [0.15, 0.2) is 0 Å². The Morgan fingerprint density at radius 2 is 1.84 bits per heavy atom. The number of benzene rings is 1. The highest BCUT2D eigenvalue weighted by Crippen LogP contribution is 2.14. The number of carboxylic acid groups (broad SMARTS) is 1. The summed E-state index contributed by atoms with van der Waals surface area (Å²) < 4.78 is 22.2. The van der Waals surface area contributed by atoms with Crippen LogP contribution in [0.3, 0.4) is 0 Å². The van der Waals surface area contributed by atoms with E-state index in [1.54, 1.807) is 0 Å². The van der Waals surface area contributed by atoms with E-state index >= 15 is 0 Å². The van der Waals surface area contributed by atoms with Crippen LogP contribution in [0.1, 0.15) is 12.8 Å². The molecule has 0 fully saturated rings. The van der Waals surface area contributed by atoms with E-state index in [1.807, 2.05) is 35.2 Å². The fourth-order valence-corrected chi connectivity index (χ4v) is 2.41. The predicted molar refractivity (Wildman–Crippen MR) is 75.2 cm³/mol. The van der Waals surface area contributed by atoms with Crippen LogP contribution in [0.2, 0.25) is 0 Å². The highest BCUT2D eigenvalue weighted by atomic mass is 32.2. The summed E-state index contributed by atoms with van der Waals surface area (Å²) in [6.45, 7) is 0.910. The molecule has 0 aromatic heterocycles. The molecule has 0 saturated carbocycles. The lowest BCUT2D eigenvalue weighted by Crippen LogP contribution is -2.28. The Balaban J connectivity index is 2.62. The standard InChI is InChI=1S/C13H19NO4S/c1-19(17,18)11-5-9-14(10-8-13(15)16)12-6-3-2-4-7-12/h2-4,6-7H,5,8-11H2,1H3,(H,15,16). The van der Waals surface area contributed by atoms with E-state index in [2.05, 4.69) is 0 Å². The fraction of sp³-hybridized carbons (Fsp3) is 0.462. The lowest BCUT2D eigenvalue weighted by molar-refractivity contribution is -0.136. The van der Waals surface area contributed by atoms with Gasteiger partial charge in [-0.1, -0.05) is 18.2 Å². The van der Waals surface area contributed by atoms with Crippen molar-refractivity contribution in [2.24, 2.45) is 0 Å². The quantitative estimate of drug-likeness (QED) is 0.781. The summed E-state index contributed by atoms with van der Waals surface area (Å²) in [4.78, 5) is 12.5. The molecule has 1 N–H and O–H groups in total. The van der Waals surface area contributed by atoms with Crippen molar-refractivity contribution in [2.75, 3.05) is 30.0 Å². The van der Waals surface area contributed by atoms with Crippen LogP contribution in [-0.2, 0) is 14.6 Å². The minimum atomic E-state index is -2.98. The van der Waals surface area contributed by atoms with Crippen molar-refractivity contribution in [1.29, 1.82) is 0 Å². The molecule has 0 aliphatic heterocycles. The first-order valence-electron chi connectivity index (χ1n) is 6.08. The van der Waals surface area contributed by atoms with Crippen LogP contribution in [0.25, 0.3) is 0 Å². The van der Waals surface area contributed by atoms with Gasteiger partial charge < -0.3 is 10.0 Å². The number of carboxylic acids is 1. The third-order valence-electron chi connectivity index (χ3n) is 2.66. The predicted octanol–water partition coefficient (Wildman–Crippen LogP) is 1.40. The zero-order valence-electron chi connectivity index (χ0n) is 10.9. The van der Waals surface area contributed by atoms with Crippen LogP contribution >= 0.6 is 0 Å². The molecule has 19 heavy (non-hydrogen) atoms. The number of hydrogen-bond acceptors (Lipinski definition) is 4. The molecule has 0 atom stereocenters. The lowest BCUT2D eigenvalue weighted by atomic mass is 10.2. The monoisotopic (exact) mass is 285 g/mol. The van der Waals surface area contributed by atoms with Crippen molar-refractivity contribution >= 4 is 21.5 Å². The molecule has 0 unspecified atom stereocenters. The van der Waals surface area contributed by atoms with Gasteiger partial charge in [-0.25, -0.2) is 8.42 Å². The fourth-order valence-electron chi connectivity index (χ4n) is 1.76. The Morgan fingerprint density at radius 3 is 2.37 bits per heavy atom. The Hall–Kier alpha value is -1.56. The van der Waals surface area contributed by atoms with Gasteiger partial charge in [-0.15, -0.1) is 0 Å². The van der Waals surface area contributed by atoms with E-state index in [0.717, 1.165) is 5.69 Å². The molecule has 106 valence electrons. The highest BCUT2D eigenvalue weighted by Gasteiger charge is 2.10. The van der Waals surface area contributed by atoms with E-state index in [1.165, 1.54) is 6.26 Å². The van der Waals surface area contributed by atoms with Crippen LogP contribution in [0.4, 0.5) is 5.69 Å². The molecule has 1 aromatic rings. The van der Waals surface area contributed by atoms with E-state index in [0.29, 0.717) is 19.5 Å². The molecule has 0 aliphatic carbocycles. The van der Waals surface area contributed by atoms with Gasteiger partial charge in [-0.2, -0.15) is 0 Å². The Bertz CT molecular complexity index is 499. The maximum absolute atomic E-state index is 11.1. The lowest BCUT2D eigenvalue weighted by Gasteiger charge is -2.24. The first-order chi connectivity index (χ1) is 8.88. The molecule has 1 aromatic carbocycles. The summed E-state index contributed by atoms with van der Waals surface area (Å²) in [6, 6.07) is 9.42. The second-order valence-corrected chi connectivity index (χ2v) is 6.71. The topological polar surface area (TPSA) is 74.7 Å². The van der Waals surface area contributed by atoms with Gasteiger partial charge in [-0.05, 0) is 18.6 Å². The smallest absolute Gasteiger partial charge is 0.305 e. The molecule has 0 bridgehead atoms. The second-order valence-electron chi connectivity index (χ2n) is 4.45. The van der Waals surface area contributed by atoms with Crippen LogP contribution in [-0.4, -0.2) is 44.6 Å². The number of anilines is 1. The van der Waals surface area contributed by atoms with Gasteiger partial charge in [-0.3, -0.25) is 4.79 Å². The van der Waals surface area contributed by atoms with E-state index < -0.39 is 15.8 Å². The van der Waals surface area contributed by atoms with Crippen molar-refractivity contribution < 1.29 is 18.3 Å². The van der Waals surface area contributed by atoms with Gasteiger partial charge in [0.1, 0.15) is 9.84 Å². The molecule has 6 heteroatoms. The van der Waals surface area contributed by atoms with Crippen LogP contribution < -0.4 is 4.90 Å². The Morgan fingerprint density at radius 1 is 1.21 bits per heavy atom. The molecular weight excluding hydrogens is 266 g/mol. The number of aliphatic carboxylic acids is 1. The summed E-state index contributed by atoms with van der Waals surface area (Å²) in [5.41, 5.74) is 0.914. The zero-order chi connectivity index (χ0) is 14.3. The third kappa shape index (κ3) is 6.81. The molecule has 0 heterocycles. The van der Waals surface area contributed by atoms with Gasteiger partial charge >= 0.3 is 5.97 Å². The van der Waals surface area contributed by atoms with Gasteiger partial charge in [0.05, 0.1) is 12.2 Å². The summed E-state index contributed by atoms with van der Waals surface area (Å²) in [6.07, 6.45) is 1.73. The third-order valence-corrected chi connectivity index (χ3v) is 3.69. The average molecular weight is 285 g/mol.